The summed E-state index contributed by atoms with van der Waals surface area (Å²) in [5, 5.41) is 14.0. The van der Waals surface area contributed by atoms with Crippen molar-refractivity contribution in [2.45, 2.75) is 6.92 Å². The summed E-state index contributed by atoms with van der Waals surface area (Å²) in [6.45, 7) is 1.75. The van der Waals surface area contributed by atoms with Crippen LogP contribution in [0.15, 0.2) is 78.0 Å². The monoisotopic (exact) mass is 401 g/mol. The van der Waals surface area contributed by atoms with Crippen LogP contribution in [-0.2, 0) is 7.05 Å². The minimum atomic E-state index is -1.06. The summed E-state index contributed by atoms with van der Waals surface area (Å²) >= 11 is 0. The van der Waals surface area contributed by atoms with Crippen molar-refractivity contribution in [3.63, 3.8) is 0 Å². The predicted octanol–water partition coefficient (Wildman–Crippen LogP) is 4.04. The number of pyridine rings is 1. The SMILES string of the molecule is Cc1cc(-c2cnn(-c3cc(Oc4ccccc4)ccc3C(=O)O)c2)cn(C)c1=O. The first-order valence-electron chi connectivity index (χ1n) is 9.25. The second-order valence-electron chi connectivity index (χ2n) is 6.90. The van der Waals surface area contributed by atoms with Gasteiger partial charge < -0.3 is 14.4 Å². The van der Waals surface area contributed by atoms with Gasteiger partial charge in [-0.3, -0.25) is 4.79 Å². The fourth-order valence-corrected chi connectivity index (χ4v) is 3.21. The zero-order chi connectivity index (χ0) is 21.3. The Kier molecular flexibility index (Phi) is 4.93. The number of nitrogens with zero attached hydrogens (tertiary/aromatic N) is 3. The maximum absolute atomic E-state index is 11.9. The van der Waals surface area contributed by atoms with Crippen molar-refractivity contribution < 1.29 is 14.6 Å². The molecule has 0 aliphatic heterocycles. The van der Waals surface area contributed by atoms with Crippen LogP contribution in [0.2, 0.25) is 0 Å². The molecule has 4 rings (SSSR count). The Hall–Kier alpha value is -4.13. The highest BCUT2D eigenvalue weighted by atomic mass is 16.5. The summed E-state index contributed by atoms with van der Waals surface area (Å²) in [4.78, 5) is 23.7. The number of benzene rings is 2. The molecule has 150 valence electrons. The Bertz CT molecular complexity index is 1260. The molecule has 0 saturated carbocycles. The number of carboxylic acid groups (broad SMARTS) is 1. The van der Waals surface area contributed by atoms with Crippen molar-refractivity contribution in [3.8, 4) is 28.3 Å². The van der Waals surface area contributed by atoms with Gasteiger partial charge in [0.15, 0.2) is 0 Å². The maximum atomic E-state index is 11.9. The summed E-state index contributed by atoms with van der Waals surface area (Å²) in [6, 6.07) is 15.8. The first-order valence-corrected chi connectivity index (χ1v) is 9.25. The van der Waals surface area contributed by atoms with Crippen LogP contribution in [0.25, 0.3) is 16.8 Å². The highest BCUT2D eigenvalue weighted by Crippen LogP contribution is 2.27. The molecule has 2 aromatic heterocycles. The number of carbonyl (C=O) groups is 1. The van der Waals surface area contributed by atoms with Gasteiger partial charge in [-0.1, -0.05) is 18.2 Å². The van der Waals surface area contributed by atoms with Crippen LogP contribution in [-0.4, -0.2) is 25.4 Å². The summed E-state index contributed by atoms with van der Waals surface area (Å²) in [5.41, 5.74) is 2.61. The number of para-hydroxylation sites is 1. The number of hydrogen-bond acceptors (Lipinski definition) is 4. The normalized spacial score (nSPS) is 10.7. The van der Waals surface area contributed by atoms with E-state index in [9.17, 15) is 14.7 Å². The van der Waals surface area contributed by atoms with Gasteiger partial charge in [0.1, 0.15) is 11.5 Å². The van der Waals surface area contributed by atoms with Gasteiger partial charge in [-0.25, -0.2) is 9.48 Å². The van der Waals surface area contributed by atoms with Gasteiger partial charge >= 0.3 is 5.97 Å². The lowest BCUT2D eigenvalue weighted by Crippen LogP contribution is -2.18. The number of aromatic carboxylic acids is 1. The first-order chi connectivity index (χ1) is 14.4. The molecule has 0 radical (unpaired) electrons. The molecular weight excluding hydrogens is 382 g/mol. The van der Waals surface area contributed by atoms with Crippen molar-refractivity contribution in [2.24, 2.45) is 7.05 Å². The quantitative estimate of drug-likeness (QED) is 0.545. The Balaban J connectivity index is 1.75. The van der Waals surface area contributed by atoms with Crippen LogP contribution in [0.3, 0.4) is 0 Å². The highest BCUT2D eigenvalue weighted by Gasteiger charge is 2.15. The third kappa shape index (κ3) is 3.73. The van der Waals surface area contributed by atoms with Gasteiger partial charge in [0.2, 0.25) is 0 Å². The molecule has 0 saturated heterocycles. The van der Waals surface area contributed by atoms with E-state index in [1.807, 2.05) is 30.3 Å². The summed E-state index contributed by atoms with van der Waals surface area (Å²) < 4.78 is 8.85. The van der Waals surface area contributed by atoms with Crippen LogP contribution in [0.5, 0.6) is 11.5 Å². The number of aromatic nitrogens is 3. The Labute approximate surface area is 172 Å². The molecule has 0 aliphatic carbocycles. The van der Waals surface area contributed by atoms with E-state index in [1.54, 1.807) is 50.8 Å². The van der Waals surface area contributed by atoms with E-state index < -0.39 is 5.97 Å². The van der Waals surface area contributed by atoms with Crippen molar-refractivity contribution in [1.82, 2.24) is 14.3 Å². The predicted molar refractivity (Wildman–Crippen MR) is 112 cm³/mol. The van der Waals surface area contributed by atoms with Gasteiger partial charge in [-0.2, -0.15) is 5.10 Å². The highest BCUT2D eigenvalue weighted by molar-refractivity contribution is 5.92. The molecule has 0 aliphatic rings. The molecular formula is C23H19N3O4. The fraction of sp³-hybridized carbons (Fsp3) is 0.0870. The van der Waals surface area contributed by atoms with E-state index in [0.29, 0.717) is 22.7 Å². The fourth-order valence-electron chi connectivity index (χ4n) is 3.21. The van der Waals surface area contributed by atoms with E-state index in [0.717, 1.165) is 11.1 Å². The summed E-state index contributed by atoms with van der Waals surface area (Å²) in [6.07, 6.45) is 5.09. The molecule has 2 aromatic carbocycles. The Morgan fingerprint density at radius 1 is 1.00 bits per heavy atom. The van der Waals surface area contributed by atoms with Crippen molar-refractivity contribution in [1.29, 1.82) is 0 Å². The number of ether oxygens (including phenoxy) is 1. The maximum Gasteiger partial charge on any atom is 0.337 e. The van der Waals surface area contributed by atoms with Crippen LogP contribution in [0.4, 0.5) is 0 Å². The summed E-state index contributed by atoms with van der Waals surface area (Å²) in [5.74, 6) is 0.0795. The van der Waals surface area contributed by atoms with E-state index in [-0.39, 0.29) is 11.1 Å². The van der Waals surface area contributed by atoms with Crippen molar-refractivity contribution in [3.05, 3.63) is 94.7 Å². The topological polar surface area (TPSA) is 86.3 Å². The minimum absolute atomic E-state index is 0.0648. The standard InChI is InChI=1S/C23H19N3O4/c1-15-10-16(13-25(2)22(15)27)17-12-24-26(14-17)21-11-19(8-9-20(21)23(28)29)30-18-6-4-3-5-7-18/h3-14H,1-2H3,(H,28,29). The lowest BCUT2D eigenvalue weighted by Gasteiger charge is -2.10. The minimum Gasteiger partial charge on any atom is -0.478 e. The van der Waals surface area contributed by atoms with Crippen molar-refractivity contribution in [2.75, 3.05) is 0 Å². The van der Waals surface area contributed by atoms with E-state index in [2.05, 4.69) is 5.10 Å². The van der Waals surface area contributed by atoms with E-state index in [1.165, 1.54) is 15.3 Å². The molecule has 0 amide bonds. The van der Waals surface area contributed by atoms with Gasteiger partial charge in [0, 0.05) is 42.2 Å². The second kappa shape index (κ2) is 7.71. The third-order valence-corrected chi connectivity index (χ3v) is 4.70. The van der Waals surface area contributed by atoms with Crippen LogP contribution in [0.1, 0.15) is 15.9 Å². The zero-order valence-electron chi connectivity index (χ0n) is 16.4. The molecule has 1 N–H and O–H groups in total. The molecule has 0 unspecified atom stereocenters. The molecule has 0 fully saturated rings. The van der Waals surface area contributed by atoms with Gasteiger partial charge in [-0.05, 0) is 37.3 Å². The molecule has 0 spiro atoms. The Morgan fingerprint density at radius 3 is 2.47 bits per heavy atom. The van der Waals surface area contributed by atoms with Crippen LogP contribution < -0.4 is 10.3 Å². The smallest absolute Gasteiger partial charge is 0.337 e. The molecule has 7 nitrogen and oxygen atoms in total. The average Bonchev–Trinajstić information content (AvgIpc) is 3.22. The molecule has 2 heterocycles. The second-order valence-corrected chi connectivity index (χ2v) is 6.90. The molecule has 0 bridgehead atoms. The van der Waals surface area contributed by atoms with Gasteiger partial charge in [-0.15, -0.1) is 0 Å². The van der Waals surface area contributed by atoms with Gasteiger partial charge in [0.05, 0.1) is 17.4 Å². The molecule has 4 aromatic rings. The largest absolute Gasteiger partial charge is 0.478 e. The Morgan fingerprint density at radius 2 is 1.77 bits per heavy atom. The van der Waals surface area contributed by atoms with Gasteiger partial charge in [0.25, 0.3) is 5.56 Å². The lowest BCUT2D eigenvalue weighted by molar-refractivity contribution is 0.0696. The zero-order valence-corrected chi connectivity index (χ0v) is 16.4. The number of rotatable bonds is 5. The van der Waals surface area contributed by atoms with E-state index >= 15 is 0 Å². The van der Waals surface area contributed by atoms with Crippen molar-refractivity contribution >= 4 is 5.97 Å². The molecule has 7 heteroatoms. The number of carboxylic acids is 1. The third-order valence-electron chi connectivity index (χ3n) is 4.70. The average molecular weight is 401 g/mol. The molecule has 30 heavy (non-hydrogen) atoms. The van der Waals surface area contributed by atoms with E-state index in [4.69, 9.17) is 4.74 Å². The van der Waals surface area contributed by atoms with Crippen LogP contribution >= 0.6 is 0 Å². The summed E-state index contributed by atoms with van der Waals surface area (Å²) in [7, 11) is 1.69. The van der Waals surface area contributed by atoms with Crippen LogP contribution in [0, 0.1) is 6.92 Å². The first kappa shape index (κ1) is 19.2. The lowest BCUT2D eigenvalue weighted by atomic mass is 10.1. The number of hydrogen-bond donors (Lipinski definition) is 1. The number of aryl methyl sites for hydroxylation is 2. The molecule has 0 atom stereocenters.